The molecule has 1 amide bonds. The highest BCUT2D eigenvalue weighted by Crippen LogP contribution is 2.34. The van der Waals surface area contributed by atoms with Gasteiger partial charge in [0, 0.05) is 10.9 Å². The van der Waals surface area contributed by atoms with Gasteiger partial charge in [0.1, 0.15) is 0 Å². The first-order chi connectivity index (χ1) is 9.01. The van der Waals surface area contributed by atoms with Crippen molar-refractivity contribution in [2.24, 2.45) is 5.92 Å². The van der Waals surface area contributed by atoms with Gasteiger partial charge in [-0.15, -0.1) is 11.3 Å². The molecule has 1 aromatic rings. The highest BCUT2D eigenvalue weighted by Gasteiger charge is 2.34. The van der Waals surface area contributed by atoms with Gasteiger partial charge in [0.15, 0.2) is 0 Å². The molecule has 19 heavy (non-hydrogen) atoms. The third-order valence-corrected chi connectivity index (χ3v) is 4.62. The molecule has 0 spiro atoms. The first-order valence-electron chi connectivity index (χ1n) is 6.63. The van der Waals surface area contributed by atoms with Gasteiger partial charge in [-0.25, -0.2) is 0 Å². The van der Waals surface area contributed by atoms with Crippen LogP contribution in [0.2, 0.25) is 0 Å². The Morgan fingerprint density at radius 2 is 2.21 bits per heavy atom. The summed E-state index contributed by atoms with van der Waals surface area (Å²) in [5.74, 6) is -0.647. The van der Waals surface area contributed by atoms with Gasteiger partial charge in [-0.05, 0) is 43.7 Å². The van der Waals surface area contributed by atoms with E-state index in [1.165, 1.54) is 16.9 Å². The summed E-state index contributed by atoms with van der Waals surface area (Å²) in [5.41, 5.74) is 1.19. The Kier molecular flexibility index (Phi) is 4.24. The zero-order valence-electron chi connectivity index (χ0n) is 11.2. The maximum Gasteiger partial charge on any atom is 0.305 e. The third kappa shape index (κ3) is 3.56. The van der Waals surface area contributed by atoms with Gasteiger partial charge in [-0.3, -0.25) is 9.59 Å². The van der Waals surface area contributed by atoms with Gasteiger partial charge in [-0.2, -0.15) is 0 Å². The molecule has 1 fully saturated rings. The van der Waals surface area contributed by atoms with E-state index >= 15 is 0 Å². The molecule has 1 heterocycles. The Labute approximate surface area is 116 Å². The van der Waals surface area contributed by atoms with E-state index in [2.05, 4.69) is 12.2 Å². The predicted octanol–water partition coefficient (Wildman–Crippen LogP) is 2.60. The number of thiophene rings is 1. The Morgan fingerprint density at radius 1 is 1.53 bits per heavy atom. The van der Waals surface area contributed by atoms with Crippen molar-refractivity contribution < 1.29 is 14.7 Å². The van der Waals surface area contributed by atoms with Crippen LogP contribution in [-0.4, -0.2) is 23.0 Å². The summed E-state index contributed by atoms with van der Waals surface area (Å²) in [4.78, 5) is 24.8. The Morgan fingerprint density at radius 3 is 2.68 bits per heavy atom. The molecule has 0 bridgehead atoms. The maximum absolute atomic E-state index is 12.2. The normalized spacial score (nSPS) is 16.1. The lowest BCUT2D eigenvalue weighted by Crippen LogP contribution is -2.37. The van der Waals surface area contributed by atoms with Crippen LogP contribution in [0.5, 0.6) is 0 Å². The highest BCUT2D eigenvalue weighted by molar-refractivity contribution is 7.14. The molecule has 0 saturated heterocycles. The summed E-state index contributed by atoms with van der Waals surface area (Å²) < 4.78 is 0. The highest BCUT2D eigenvalue weighted by atomic mass is 32.1. The van der Waals surface area contributed by atoms with Crippen LogP contribution in [-0.2, 0) is 11.2 Å². The molecule has 1 saturated carbocycles. The maximum atomic E-state index is 12.2. The summed E-state index contributed by atoms with van der Waals surface area (Å²) in [6, 6.07) is 1.69. The van der Waals surface area contributed by atoms with E-state index < -0.39 is 5.97 Å². The molecule has 5 heteroatoms. The second-order valence-electron chi connectivity index (χ2n) is 5.06. The minimum atomic E-state index is -0.853. The van der Waals surface area contributed by atoms with Crippen molar-refractivity contribution in [3.63, 3.8) is 0 Å². The lowest BCUT2D eigenvalue weighted by molar-refractivity contribution is -0.137. The van der Waals surface area contributed by atoms with Crippen molar-refractivity contribution in [2.45, 2.75) is 45.6 Å². The topological polar surface area (TPSA) is 66.4 Å². The summed E-state index contributed by atoms with van der Waals surface area (Å²) in [6.07, 6.45) is 2.96. The molecule has 4 nitrogen and oxygen atoms in total. The fourth-order valence-electron chi connectivity index (χ4n) is 2.24. The number of carboxylic acid groups (broad SMARTS) is 1. The molecule has 0 radical (unpaired) electrons. The second-order valence-corrected chi connectivity index (χ2v) is 6.32. The van der Waals surface area contributed by atoms with E-state index in [1.807, 2.05) is 13.0 Å². The number of carboxylic acids is 1. The van der Waals surface area contributed by atoms with Crippen LogP contribution in [0, 0.1) is 12.8 Å². The van der Waals surface area contributed by atoms with Crippen molar-refractivity contribution in [1.29, 1.82) is 0 Å². The summed E-state index contributed by atoms with van der Waals surface area (Å²) in [5, 5.41) is 11.8. The number of carbonyl (C=O) groups excluding carboxylic acids is 1. The van der Waals surface area contributed by atoms with Gasteiger partial charge >= 0.3 is 5.97 Å². The fraction of sp³-hybridized carbons (Fsp3) is 0.571. The van der Waals surface area contributed by atoms with Crippen LogP contribution in [0.15, 0.2) is 6.07 Å². The average Bonchev–Trinajstić information content (AvgIpc) is 3.11. The molecular weight excluding hydrogens is 262 g/mol. The van der Waals surface area contributed by atoms with Crippen molar-refractivity contribution in [2.75, 3.05) is 0 Å². The first kappa shape index (κ1) is 14.1. The molecule has 1 aliphatic carbocycles. The van der Waals surface area contributed by atoms with Gasteiger partial charge in [0.05, 0.1) is 11.3 Å². The van der Waals surface area contributed by atoms with E-state index in [4.69, 9.17) is 5.11 Å². The molecule has 1 aromatic heterocycles. The zero-order chi connectivity index (χ0) is 14.0. The minimum absolute atomic E-state index is 0.0153. The van der Waals surface area contributed by atoms with Crippen molar-refractivity contribution in [1.82, 2.24) is 5.32 Å². The molecule has 104 valence electrons. The first-order valence-corrected chi connectivity index (χ1v) is 7.44. The molecular formula is C14H19NO3S. The summed E-state index contributed by atoms with van der Waals surface area (Å²) >= 11 is 1.48. The van der Waals surface area contributed by atoms with Crippen LogP contribution < -0.4 is 5.32 Å². The Bertz CT molecular complexity index is 491. The number of aryl methyl sites for hydroxylation is 2. The SMILES string of the molecule is CCc1cc(C(=O)NC(CC(=O)O)C2CC2)sc1C. The molecule has 1 unspecified atom stereocenters. The lowest BCUT2D eigenvalue weighted by Gasteiger charge is -2.15. The quantitative estimate of drug-likeness (QED) is 0.842. The number of aliphatic carboxylic acids is 1. The molecule has 0 aliphatic heterocycles. The summed E-state index contributed by atoms with van der Waals surface area (Å²) in [7, 11) is 0. The standard InChI is InChI=1S/C14H19NO3S/c1-3-9-6-12(19-8(9)2)14(18)15-11(7-13(16)17)10-4-5-10/h6,10-11H,3-5,7H2,1-2H3,(H,15,18)(H,16,17). The third-order valence-electron chi connectivity index (χ3n) is 3.53. The molecule has 2 rings (SSSR count). The Balaban J connectivity index is 2.03. The van der Waals surface area contributed by atoms with Gasteiger partial charge in [0.25, 0.3) is 5.91 Å². The zero-order valence-corrected chi connectivity index (χ0v) is 12.0. The number of hydrogen-bond donors (Lipinski definition) is 2. The van der Waals surface area contributed by atoms with Gasteiger partial charge < -0.3 is 10.4 Å². The van der Waals surface area contributed by atoms with E-state index in [0.717, 1.165) is 24.1 Å². The number of amides is 1. The van der Waals surface area contributed by atoms with Crippen LogP contribution >= 0.6 is 11.3 Å². The predicted molar refractivity (Wildman–Crippen MR) is 74.7 cm³/mol. The van der Waals surface area contributed by atoms with Crippen LogP contribution in [0.25, 0.3) is 0 Å². The number of hydrogen-bond acceptors (Lipinski definition) is 3. The van der Waals surface area contributed by atoms with Gasteiger partial charge in [-0.1, -0.05) is 6.92 Å². The van der Waals surface area contributed by atoms with Crippen LogP contribution in [0.3, 0.4) is 0 Å². The molecule has 0 aromatic carbocycles. The van der Waals surface area contributed by atoms with E-state index in [9.17, 15) is 9.59 Å². The Hall–Kier alpha value is -1.36. The summed E-state index contributed by atoms with van der Waals surface area (Å²) in [6.45, 7) is 4.07. The second kappa shape index (κ2) is 5.74. The number of carbonyl (C=O) groups is 2. The molecule has 1 aliphatic rings. The largest absolute Gasteiger partial charge is 0.481 e. The molecule has 2 N–H and O–H groups in total. The smallest absolute Gasteiger partial charge is 0.305 e. The molecule has 1 atom stereocenters. The van der Waals surface area contributed by atoms with Crippen molar-refractivity contribution in [3.05, 3.63) is 21.4 Å². The van der Waals surface area contributed by atoms with Gasteiger partial charge in [0.2, 0.25) is 0 Å². The monoisotopic (exact) mass is 281 g/mol. The minimum Gasteiger partial charge on any atom is -0.481 e. The fourth-order valence-corrected chi connectivity index (χ4v) is 3.26. The van der Waals surface area contributed by atoms with Crippen molar-refractivity contribution >= 4 is 23.2 Å². The van der Waals surface area contributed by atoms with E-state index in [1.54, 1.807) is 0 Å². The number of nitrogens with one attached hydrogen (secondary N) is 1. The van der Waals surface area contributed by atoms with Crippen molar-refractivity contribution in [3.8, 4) is 0 Å². The van der Waals surface area contributed by atoms with Crippen LogP contribution in [0.4, 0.5) is 0 Å². The number of rotatable bonds is 6. The van der Waals surface area contributed by atoms with E-state index in [0.29, 0.717) is 10.8 Å². The lowest BCUT2D eigenvalue weighted by atomic mass is 10.1. The van der Waals surface area contributed by atoms with Crippen LogP contribution in [0.1, 0.15) is 46.3 Å². The average molecular weight is 281 g/mol. The van der Waals surface area contributed by atoms with E-state index in [-0.39, 0.29) is 18.4 Å².